The molecule has 0 bridgehead atoms. The van der Waals surface area contributed by atoms with Gasteiger partial charge in [0.05, 0.1) is 4.90 Å². The second-order valence-electron chi connectivity index (χ2n) is 7.02. The lowest BCUT2D eigenvalue weighted by Gasteiger charge is -2.09. The molecule has 0 unspecified atom stereocenters. The van der Waals surface area contributed by atoms with Crippen LogP contribution >= 0.6 is 11.8 Å². The first-order valence-corrected chi connectivity index (χ1v) is 11.6. The molecule has 2 heterocycles. The van der Waals surface area contributed by atoms with Crippen LogP contribution in [-0.4, -0.2) is 27.1 Å². The molecule has 166 valence electrons. The maximum atomic E-state index is 13.0. The summed E-state index contributed by atoms with van der Waals surface area (Å²) in [6, 6.07) is 11.1. The average Bonchev–Trinajstić information content (AvgIpc) is 3.08. The fraction of sp³-hybridized carbons (Fsp3) is 0.150. The smallest absolute Gasteiger partial charge is 0.316 e. The van der Waals surface area contributed by atoms with Gasteiger partial charge in [-0.1, -0.05) is 11.8 Å². The first kappa shape index (κ1) is 21.8. The van der Waals surface area contributed by atoms with Crippen molar-refractivity contribution in [1.82, 2.24) is 18.7 Å². The van der Waals surface area contributed by atoms with Crippen molar-refractivity contribution in [1.29, 1.82) is 0 Å². The monoisotopic (exact) mass is 475 g/mol. The zero-order valence-corrected chi connectivity index (χ0v) is 18.9. The third-order valence-corrected chi connectivity index (χ3v) is 7.33. The molecular formula is C20H18FN5O4S2. The summed E-state index contributed by atoms with van der Waals surface area (Å²) >= 11 is 1.26. The number of halogens is 1. The van der Waals surface area contributed by atoms with Crippen LogP contribution in [0.4, 0.5) is 10.1 Å². The SMILES string of the molecule is Cn1c(=O)c2c(nc(Sc3ccc(NS(=O)(=O)c4ccc(F)cc4)cc3)n2C)n(C)c1=O. The van der Waals surface area contributed by atoms with Crippen LogP contribution in [0, 0.1) is 5.82 Å². The van der Waals surface area contributed by atoms with E-state index in [2.05, 4.69) is 9.71 Å². The van der Waals surface area contributed by atoms with Crippen molar-refractivity contribution in [2.75, 3.05) is 4.72 Å². The van der Waals surface area contributed by atoms with Gasteiger partial charge in [0.15, 0.2) is 16.3 Å². The first-order valence-electron chi connectivity index (χ1n) is 9.27. The van der Waals surface area contributed by atoms with Gasteiger partial charge in [0.2, 0.25) is 0 Å². The standard InChI is InChI=1S/C20H18FN5O4S2/c1-24-16-17(25(2)20(28)26(3)18(16)27)22-19(24)31-14-8-6-13(7-9-14)23-32(29,30)15-10-4-12(21)5-11-15/h4-11,23H,1-3H3. The van der Waals surface area contributed by atoms with Crippen LogP contribution in [0.15, 0.2) is 73.1 Å². The lowest BCUT2D eigenvalue weighted by Crippen LogP contribution is -2.37. The van der Waals surface area contributed by atoms with Crippen molar-refractivity contribution < 1.29 is 12.8 Å². The highest BCUT2D eigenvalue weighted by Gasteiger charge is 2.18. The second kappa shape index (κ2) is 7.95. The number of hydrogen-bond donors (Lipinski definition) is 1. The summed E-state index contributed by atoms with van der Waals surface area (Å²) in [5, 5.41) is 0.498. The number of sulfonamides is 1. The lowest BCUT2D eigenvalue weighted by molar-refractivity contribution is 0.599. The highest BCUT2D eigenvalue weighted by molar-refractivity contribution is 7.99. The Morgan fingerprint density at radius 3 is 2.16 bits per heavy atom. The van der Waals surface area contributed by atoms with Crippen molar-refractivity contribution in [3.63, 3.8) is 0 Å². The molecule has 0 saturated heterocycles. The molecule has 0 spiro atoms. The molecule has 0 amide bonds. The number of benzene rings is 2. The quantitative estimate of drug-likeness (QED) is 0.473. The first-order chi connectivity index (χ1) is 15.1. The van der Waals surface area contributed by atoms with E-state index in [9.17, 15) is 22.4 Å². The number of rotatable bonds is 5. The highest BCUT2D eigenvalue weighted by Crippen LogP contribution is 2.29. The zero-order chi connectivity index (χ0) is 23.2. The van der Waals surface area contributed by atoms with Crippen molar-refractivity contribution in [2.45, 2.75) is 14.9 Å². The van der Waals surface area contributed by atoms with E-state index in [1.807, 2.05) is 0 Å². The van der Waals surface area contributed by atoms with Gasteiger partial charge in [-0.25, -0.2) is 22.6 Å². The summed E-state index contributed by atoms with van der Waals surface area (Å²) in [6.45, 7) is 0. The van der Waals surface area contributed by atoms with Gasteiger partial charge in [0.25, 0.3) is 15.6 Å². The van der Waals surface area contributed by atoms with Crippen LogP contribution in [0.2, 0.25) is 0 Å². The number of aryl methyl sites for hydroxylation is 2. The molecule has 0 saturated carbocycles. The van der Waals surface area contributed by atoms with Crippen molar-refractivity contribution in [2.24, 2.45) is 21.1 Å². The Kier molecular flexibility index (Phi) is 5.42. The van der Waals surface area contributed by atoms with Crippen LogP contribution in [0.3, 0.4) is 0 Å². The second-order valence-corrected chi connectivity index (χ2v) is 9.74. The third kappa shape index (κ3) is 3.82. The number of anilines is 1. The number of nitrogens with zero attached hydrogens (tertiary/aromatic N) is 4. The predicted octanol–water partition coefficient (Wildman–Crippen LogP) is 2.06. The Bertz CT molecular complexity index is 1550. The van der Waals surface area contributed by atoms with Crippen molar-refractivity contribution >= 4 is 38.6 Å². The van der Waals surface area contributed by atoms with Crippen molar-refractivity contribution in [3.05, 3.63) is 75.2 Å². The molecule has 4 rings (SSSR count). The van der Waals surface area contributed by atoms with Gasteiger partial charge >= 0.3 is 5.69 Å². The largest absolute Gasteiger partial charge is 0.332 e. The predicted molar refractivity (Wildman–Crippen MR) is 119 cm³/mol. The molecule has 0 aliphatic carbocycles. The Hall–Kier alpha value is -3.38. The lowest BCUT2D eigenvalue weighted by atomic mass is 10.3. The Balaban J connectivity index is 1.60. The molecule has 1 N–H and O–H groups in total. The summed E-state index contributed by atoms with van der Waals surface area (Å²) in [6.07, 6.45) is 0. The minimum absolute atomic E-state index is 0.0516. The molecule has 9 nitrogen and oxygen atoms in total. The maximum Gasteiger partial charge on any atom is 0.332 e. The number of aromatic nitrogens is 4. The van der Waals surface area contributed by atoms with E-state index in [0.29, 0.717) is 16.4 Å². The summed E-state index contributed by atoms with van der Waals surface area (Å²) in [5.41, 5.74) is 0.0259. The number of fused-ring (bicyclic) bond motifs is 1. The van der Waals surface area contributed by atoms with E-state index >= 15 is 0 Å². The molecule has 2 aromatic carbocycles. The summed E-state index contributed by atoms with van der Waals surface area (Å²) in [7, 11) is 0.798. The number of imidazole rings is 1. The number of hydrogen-bond acceptors (Lipinski definition) is 6. The van der Waals surface area contributed by atoms with Crippen LogP contribution in [0.1, 0.15) is 0 Å². The third-order valence-electron chi connectivity index (χ3n) is 4.87. The summed E-state index contributed by atoms with van der Waals surface area (Å²) in [4.78, 5) is 29.8. The minimum Gasteiger partial charge on any atom is -0.316 e. The highest BCUT2D eigenvalue weighted by atomic mass is 32.2. The van der Waals surface area contributed by atoms with Gasteiger partial charge in [0.1, 0.15) is 5.82 Å². The molecule has 0 atom stereocenters. The average molecular weight is 476 g/mol. The van der Waals surface area contributed by atoms with Gasteiger partial charge in [-0.3, -0.25) is 18.7 Å². The Labute approximate surface area is 186 Å². The maximum absolute atomic E-state index is 13.0. The minimum atomic E-state index is -3.85. The van der Waals surface area contributed by atoms with Crippen LogP contribution in [0.25, 0.3) is 11.2 Å². The van der Waals surface area contributed by atoms with Gasteiger partial charge in [0, 0.05) is 31.7 Å². The topological polar surface area (TPSA) is 108 Å². The molecular weight excluding hydrogens is 457 g/mol. The van der Waals surface area contributed by atoms with E-state index in [-0.39, 0.29) is 10.5 Å². The van der Waals surface area contributed by atoms with Crippen LogP contribution in [-0.2, 0) is 31.2 Å². The number of nitrogens with one attached hydrogen (secondary N) is 1. The fourth-order valence-electron chi connectivity index (χ4n) is 3.11. The van der Waals surface area contributed by atoms with Gasteiger partial charge in [-0.05, 0) is 48.5 Å². The van der Waals surface area contributed by atoms with Crippen molar-refractivity contribution in [3.8, 4) is 0 Å². The van der Waals surface area contributed by atoms with Crippen LogP contribution in [0.5, 0.6) is 0 Å². The Morgan fingerprint density at radius 2 is 1.53 bits per heavy atom. The molecule has 0 aliphatic rings. The summed E-state index contributed by atoms with van der Waals surface area (Å²) < 4.78 is 44.3. The molecule has 0 fully saturated rings. The van der Waals surface area contributed by atoms with E-state index in [4.69, 9.17) is 0 Å². The van der Waals surface area contributed by atoms with Gasteiger partial charge < -0.3 is 4.57 Å². The fourth-order valence-corrected chi connectivity index (χ4v) is 5.02. The molecule has 12 heteroatoms. The van der Waals surface area contributed by atoms with Gasteiger partial charge in [-0.15, -0.1) is 0 Å². The normalized spacial score (nSPS) is 11.8. The summed E-state index contributed by atoms with van der Waals surface area (Å²) in [5.74, 6) is -0.523. The molecule has 32 heavy (non-hydrogen) atoms. The van der Waals surface area contributed by atoms with E-state index < -0.39 is 27.1 Å². The zero-order valence-electron chi connectivity index (χ0n) is 17.2. The van der Waals surface area contributed by atoms with E-state index in [0.717, 1.165) is 21.6 Å². The molecule has 4 aromatic rings. The Morgan fingerprint density at radius 1 is 0.906 bits per heavy atom. The van der Waals surface area contributed by atoms with E-state index in [1.165, 1.54) is 35.5 Å². The van der Waals surface area contributed by atoms with Crippen LogP contribution < -0.4 is 16.0 Å². The molecule has 0 aliphatic heterocycles. The van der Waals surface area contributed by atoms with Gasteiger partial charge in [-0.2, -0.15) is 0 Å². The molecule has 2 aromatic heterocycles. The van der Waals surface area contributed by atoms with E-state index in [1.54, 1.807) is 42.9 Å². The molecule has 0 radical (unpaired) electrons.